The third-order valence-corrected chi connectivity index (χ3v) is 3.69. The number of ether oxygens (including phenoxy) is 1. The van der Waals surface area contributed by atoms with Crippen LogP contribution in [0, 0.1) is 0 Å². The van der Waals surface area contributed by atoms with Gasteiger partial charge in [0, 0.05) is 7.05 Å². The maximum atomic E-state index is 12.0. The van der Waals surface area contributed by atoms with Gasteiger partial charge in [-0.1, -0.05) is 12.1 Å². The van der Waals surface area contributed by atoms with E-state index in [0.29, 0.717) is 24.4 Å². The molecule has 3 N–H and O–H groups in total. The number of nitrogens with zero attached hydrogens (tertiary/aromatic N) is 2. The molecule has 0 fully saturated rings. The third-order valence-electron chi connectivity index (χ3n) is 3.24. The predicted molar refractivity (Wildman–Crippen MR) is 86.0 cm³/mol. The van der Waals surface area contributed by atoms with Crippen molar-refractivity contribution >= 4 is 13.9 Å². The molecule has 0 heterocycles. The molecule has 1 aromatic carbocycles. The Hall–Kier alpha value is -1.48. The van der Waals surface area contributed by atoms with Gasteiger partial charge in [0.15, 0.2) is 6.73 Å². The van der Waals surface area contributed by atoms with Crippen molar-refractivity contribution in [2.45, 2.75) is 6.61 Å². The zero-order valence-electron chi connectivity index (χ0n) is 14.0. The number of amides is 1. The molecule has 24 heavy (non-hydrogen) atoms. The highest BCUT2D eigenvalue weighted by Gasteiger charge is 2.24. The first kappa shape index (κ1) is 20.6. The number of phosphoric acid groups is 1. The number of hydrogen-bond donors (Lipinski definition) is 3. The minimum absolute atomic E-state index is 0.0855. The lowest BCUT2D eigenvalue weighted by Gasteiger charge is -2.30. The lowest BCUT2D eigenvalue weighted by atomic mass is 10.2. The number of aliphatic hydroxyl groups excluding tert-OH is 1. The molecule has 10 heteroatoms. The molecule has 9 nitrogen and oxygen atoms in total. The predicted octanol–water partition coefficient (Wildman–Crippen LogP) is 0.753. The van der Waals surface area contributed by atoms with Gasteiger partial charge >= 0.3 is 13.9 Å². The first-order valence-corrected chi connectivity index (χ1v) is 8.70. The fourth-order valence-electron chi connectivity index (χ4n) is 1.65. The molecule has 0 atom stereocenters. The van der Waals surface area contributed by atoms with Crippen LogP contribution in [0.4, 0.5) is 4.79 Å². The monoisotopic (exact) mass is 363 g/mol. The number of aliphatic hydroxyl groups is 1. The van der Waals surface area contributed by atoms with E-state index in [9.17, 15) is 9.36 Å². The average Bonchev–Trinajstić information content (AvgIpc) is 2.51. The molecular weight excluding hydrogens is 339 g/mol. The molecular formula is C14H24N2O7P+. The van der Waals surface area contributed by atoms with Crippen LogP contribution in [0.1, 0.15) is 5.56 Å². The van der Waals surface area contributed by atoms with Crippen LogP contribution in [0.5, 0.6) is 5.75 Å². The fourth-order valence-corrected chi connectivity index (χ4v) is 2.11. The number of rotatable bonds is 8. The Balaban J connectivity index is 2.46. The van der Waals surface area contributed by atoms with E-state index in [0.717, 1.165) is 0 Å². The number of carbonyl (C=O) groups is 1. The number of carbonyl (C=O) groups excluding carboxylic acids is 1. The smallest absolute Gasteiger partial charge is 0.410 e. The van der Waals surface area contributed by atoms with E-state index in [1.165, 1.54) is 4.90 Å². The van der Waals surface area contributed by atoms with Crippen molar-refractivity contribution in [1.29, 1.82) is 0 Å². The molecule has 0 saturated heterocycles. The molecule has 0 saturated carbocycles. The molecule has 0 aromatic heterocycles. The van der Waals surface area contributed by atoms with Crippen LogP contribution < -0.4 is 4.74 Å². The van der Waals surface area contributed by atoms with Gasteiger partial charge in [0.1, 0.15) is 5.75 Å². The molecule has 0 spiro atoms. The van der Waals surface area contributed by atoms with Crippen molar-refractivity contribution < 1.29 is 38.0 Å². The van der Waals surface area contributed by atoms with Crippen molar-refractivity contribution in [3.8, 4) is 5.75 Å². The SMILES string of the molecule is CN(CC[N+](C)(C)COP(=O)(O)O)C(=O)Oc1ccc(CO)cc1. The molecule has 136 valence electrons. The lowest BCUT2D eigenvalue weighted by Crippen LogP contribution is -2.47. The highest BCUT2D eigenvalue weighted by molar-refractivity contribution is 7.46. The largest absolute Gasteiger partial charge is 0.474 e. The van der Waals surface area contributed by atoms with Crippen LogP contribution >= 0.6 is 7.82 Å². The van der Waals surface area contributed by atoms with Gasteiger partial charge in [-0.2, -0.15) is 0 Å². The summed E-state index contributed by atoms with van der Waals surface area (Å²) in [6.45, 7) is 0.452. The fraction of sp³-hybridized carbons (Fsp3) is 0.500. The van der Waals surface area contributed by atoms with Gasteiger partial charge in [-0.25, -0.2) is 13.9 Å². The van der Waals surface area contributed by atoms with E-state index in [1.54, 1.807) is 45.4 Å². The normalized spacial score (nSPS) is 12.1. The summed E-state index contributed by atoms with van der Waals surface area (Å²) >= 11 is 0. The highest BCUT2D eigenvalue weighted by atomic mass is 31.2. The van der Waals surface area contributed by atoms with E-state index in [2.05, 4.69) is 4.52 Å². The summed E-state index contributed by atoms with van der Waals surface area (Å²) in [7, 11) is 0.493. The summed E-state index contributed by atoms with van der Waals surface area (Å²) in [5, 5.41) is 8.96. The standard InChI is InChI=1S/C14H23N2O7P/c1-15(8-9-16(2,3)11-22-24(19,20)21)14(18)23-13-6-4-12(10-17)5-7-13/h4-7,17H,8-11H2,1-3H3,(H-,19,20,21)/p+1. The van der Waals surface area contributed by atoms with Gasteiger partial charge in [-0.3, -0.25) is 0 Å². The van der Waals surface area contributed by atoms with Crippen LogP contribution in [-0.2, 0) is 15.7 Å². The second kappa shape index (κ2) is 8.57. The summed E-state index contributed by atoms with van der Waals surface area (Å²) < 4.78 is 20.6. The molecule has 1 rings (SSSR count). The summed E-state index contributed by atoms with van der Waals surface area (Å²) in [6, 6.07) is 6.49. The molecule has 0 unspecified atom stereocenters. The zero-order chi connectivity index (χ0) is 18.4. The van der Waals surface area contributed by atoms with E-state index >= 15 is 0 Å². The van der Waals surface area contributed by atoms with Gasteiger partial charge in [-0.15, -0.1) is 0 Å². The van der Waals surface area contributed by atoms with Crippen LogP contribution in [0.25, 0.3) is 0 Å². The third kappa shape index (κ3) is 7.87. The molecule has 0 radical (unpaired) electrons. The first-order valence-electron chi connectivity index (χ1n) is 7.17. The number of benzene rings is 1. The Labute approximate surface area is 140 Å². The molecule has 0 aliphatic heterocycles. The van der Waals surface area contributed by atoms with E-state index in [-0.39, 0.29) is 17.8 Å². The van der Waals surface area contributed by atoms with E-state index in [4.69, 9.17) is 19.6 Å². The second-order valence-electron chi connectivity index (χ2n) is 6.00. The molecule has 1 aromatic rings. The maximum absolute atomic E-state index is 12.0. The Morgan fingerprint density at radius 3 is 2.33 bits per heavy atom. The van der Waals surface area contributed by atoms with Crippen LogP contribution in [0.3, 0.4) is 0 Å². The van der Waals surface area contributed by atoms with Gasteiger partial charge in [0.2, 0.25) is 0 Å². The topological polar surface area (TPSA) is 117 Å². The van der Waals surface area contributed by atoms with Gasteiger partial charge in [0.05, 0.1) is 33.8 Å². The number of likely N-dealkylation sites (N-methyl/N-ethyl adjacent to an activating group) is 2. The Kier molecular flexibility index (Phi) is 7.34. The van der Waals surface area contributed by atoms with Crippen molar-refractivity contribution in [3.05, 3.63) is 29.8 Å². The van der Waals surface area contributed by atoms with E-state index < -0.39 is 13.9 Å². The van der Waals surface area contributed by atoms with Crippen LogP contribution in [0.2, 0.25) is 0 Å². The molecule has 1 amide bonds. The lowest BCUT2D eigenvalue weighted by molar-refractivity contribution is -0.905. The summed E-state index contributed by atoms with van der Waals surface area (Å²) in [6.07, 6.45) is -0.553. The molecule has 0 bridgehead atoms. The Morgan fingerprint density at radius 1 is 1.25 bits per heavy atom. The summed E-state index contributed by atoms with van der Waals surface area (Å²) in [5.41, 5.74) is 0.715. The Morgan fingerprint density at radius 2 is 1.83 bits per heavy atom. The van der Waals surface area contributed by atoms with Crippen molar-refractivity contribution in [2.75, 3.05) is 41.0 Å². The van der Waals surface area contributed by atoms with Crippen molar-refractivity contribution in [1.82, 2.24) is 4.90 Å². The van der Waals surface area contributed by atoms with Gasteiger partial charge in [-0.05, 0) is 17.7 Å². The van der Waals surface area contributed by atoms with Gasteiger partial charge < -0.3 is 29.0 Å². The highest BCUT2D eigenvalue weighted by Crippen LogP contribution is 2.36. The van der Waals surface area contributed by atoms with Gasteiger partial charge in [0.25, 0.3) is 0 Å². The molecule has 0 aliphatic carbocycles. The van der Waals surface area contributed by atoms with Crippen LogP contribution in [-0.4, -0.2) is 71.3 Å². The minimum Gasteiger partial charge on any atom is -0.410 e. The maximum Gasteiger partial charge on any atom is 0.474 e. The van der Waals surface area contributed by atoms with Crippen LogP contribution in [0.15, 0.2) is 24.3 Å². The molecule has 0 aliphatic rings. The minimum atomic E-state index is -4.52. The number of hydrogen-bond acceptors (Lipinski definition) is 5. The zero-order valence-corrected chi connectivity index (χ0v) is 14.8. The quantitative estimate of drug-likeness (QED) is 0.354. The number of quaternary nitrogens is 1. The van der Waals surface area contributed by atoms with Crippen molar-refractivity contribution in [3.63, 3.8) is 0 Å². The Bertz CT molecular complexity index is 585. The first-order chi connectivity index (χ1) is 11.0. The van der Waals surface area contributed by atoms with E-state index in [1.807, 2.05) is 0 Å². The second-order valence-corrected chi connectivity index (χ2v) is 7.24. The average molecular weight is 363 g/mol. The number of phosphoric ester groups is 1. The summed E-state index contributed by atoms with van der Waals surface area (Å²) in [5.74, 6) is 0.364. The van der Waals surface area contributed by atoms with Crippen molar-refractivity contribution in [2.24, 2.45) is 0 Å². The summed E-state index contributed by atoms with van der Waals surface area (Å²) in [4.78, 5) is 30.8.